The molecule has 122 valence electrons. The maximum atomic E-state index is 12.1. The monoisotopic (exact) mass is 307 g/mol. The van der Waals surface area contributed by atoms with Crippen LogP contribution in [-0.2, 0) is 4.74 Å². The number of methoxy groups -OCH3 is 1. The van der Waals surface area contributed by atoms with E-state index in [1.807, 2.05) is 6.92 Å². The molecule has 0 saturated carbocycles. The van der Waals surface area contributed by atoms with Crippen LogP contribution in [0.3, 0.4) is 0 Å². The van der Waals surface area contributed by atoms with Crippen LogP contribution in [0.4, 0.5) is 0 Å². The van der Waals surface area contributed by atoms with Gasteiger partial charge in [-0.3, -0.25) is 9.59 Å². The fraction of sp³-hybridized carbons (Fsp3) is 0.500. The molecule has 0 fully saturated rings. The molecule has 0 saturated heterocycles. The Balaban J connectivity index is 2.51. The van der Waals surface area contributed by atoms with Crippen LogP contribution in [0, 0.1) is 0 Å². The summed E-state index contributed by atoms with van der Waals surface area (Å²) in [5, 5.41) is 5.96. The van der Waals surface area contributed by atoms with Gasteiger partial charge >= 0.3 is 0 Å². The lowest BCUT2D eigenvalue weighted by Crippen LogP contribution is -2.33. The van der Waals surface area contributed by atoms with E-state index in [0.717, 1.165) is 6.54 Å². The first kappa shape index (κ1) is 18.1. The van der Waals surface area contributed by atoms with Crippen LogP contribution in [0.1, 0.15) is 27.6 Å². The summed E-state index contributed by atoms with van der Waals surface area (Å²) < 4.78 is 4.92. The first-order chi connectivity index (χ1) is 10.6. The normalized spacial score (nSPS) is 10.3. The lowest BCUT2D eigenvalue weighted by atomic mass is 10.1. The average molecular weight is 307 g/mol. The largest absolute Gasteiger partial charge is 0.383 e. The van der Waals surface area contributed by atoms with E-state index in [1.165, 1.54) is 0 Å². The summed E-state index contributed by atoms with van der Waals surface area (Å²) in [6.45, 7) is 5.12. The lowest BCUT2D eigenvalue weighted by Gasteiger charge is -2.15. The van der Waals surface area contributed by atoms with Crippen molar-refractivity contribution in [3.8, 4) is 0 Å². The minimum atomic E-state index is -0.178. The quantitative estimate of drug-likeness (QED) is 0.660. The van der Waals surface area contributed by atoms with Crippen LogP contribution in [0.2, 0.25) is 0 Å². The van der Waals surface area contributed by atoms with E-state index in [2.05, 4.69) is 10.6 Å². The highest BCUT2D eigenvalue weighted by Gasteiger charge is 2.12. The molecule has 0 aromatic heterocycles. The number of hydrogen-bond acceptors (Lipinski definition) is 4. The molecule has 0 atom stereocenters. The summed E-state index contributed by atoms with van der Waals surface area (Å²) in [4.78, 5) is 25.8. The molecule has 2 N–H and O–H groups in total. The van der Waals surface area contributed by atoms with Crippen molar-refractivity contribution in [2.45, 2.75) is 6.92 Å². The van der Waals surface area contributed by atoms with Crippen molar-refractivity contribution in [3.63, 3.8) is 0 Å². The second-order valence-corrected chi connectivity index (χ2v) is 4.90. The summed E-state index contributed by atoms with van der Waals surface area (Å²) in [6.07, 6.45) is 0. The smallest absolute Gasteiger partial charge is 0.253 e. The molecular formula is C16H25N3O3. The molecule has 0 bridgehead atoms. The number of nitrogens with zero attached hydrogens (tertiary/aromatic N) is 1. The van der Waals surface area contributed by atoms with E-state index in [4.69, 9.17) is 4.74 Å². The van der Waals surface area contributed by atoms with Gasteiger partial charge in [-0.1, -0.05) is 6.07 Å². The number of carbonyl (C=O) groups excluding carboxylic acids is 2. The minimum Gasteiger partial charge on any atom is -0.383 e. The second kappa shape index (κ2) is 9.92. The van der Waals surface area contributed by atoms with Crippen molar-refractivity contribution in [3.05, 3.63) is 35.4 Å². The standard InChI is InChI=1S/C16H25N3O3/c1-4-19(2)16(21)14-7-5-6-13(12-14)15(20)18-9-8-17-10-11-22-3/h5-7,12,17H,4,8-11H2,1-3H3,(H,18,20). The van der Waals surface area contributed by atoms with Crippen molar-refractivity contribution in [1.29, 1.82) is 0 Å². The molecule has 1 aromatic carbocycles. The van der Waals surface area contributed by atoms with Crippen LogP contribution in [0.15, 0.2) is 24.3 Å². The third-order valence-electron chi connectivity index (χ3n) is 3.26. The fourth-order valence-electron chi connectivity index (χ4n) is 1.82. The van der Waals surface area contributed by atoms with Crippen molar-refractivity contribution in [2.24, 2.45) is 0 Å². The van der Waals surface area contributed by atoms with Gasteiger partial charge in [-0.2, -0.15) is 0 Å². The molecule has 0 unspecified atom stereocenters. The fourth-order valence-corrected chi connectivity index (χ4v) is 1.82. The Morgan fingerprint density at radius 2 is 1.91 bits per heavy atom. The molecule has 0 heterocycles. The number of hydrogen-bond donors (Lipinski definition) is 2. The molecule has 6 nitrogen and oxygen atoms in total. The Morgan fingerprint density at radius 1 is 1.18 bits per heavy atom. The molecule has 2 amide bonds. The van der Waals surface area contributed by atoms with Gasteiger partial charge in [-0.15, -0.1) is 0 Å². The first-order valence-corrected chi connectivity index (χ1v) is 7.43. The van der Waals surface area contributed by atoms with Crippen LogP contribution in [0.25, 0.3) is 0 Å². The Bertz CT molecular complexity index is 491. The highest BCUT2D eigenvalue weighted by Crippen LogP contribution is 2.08. The summed E-state index contributed by atoms with van der Waals surface area (Å²) in [7, 11) is 3.38. The van der Waals surface area contributed by atoms with Crippen LogP contribution in [-0.4, -0.2) is 63.7 Å². The van der Waals surface area contributed by atoms with Gasteiger partial charge in [-0.25, -0.2) is 0 Å². The van der Waals surface area contributed by atoms with Gasteiger partial charge in [0.05, 0.1) is 6.61 Å². The molecule has 0 radical (unpaired) electrons. The Morgan fingerprint density at radius 3 is 2.59 bits per heavy atom. The molecule has 1 aromatic rings. The van der Waals surface area contributed by atoms with Gasteiger partial charge in [-0.05, 0) is 25.1 Å². The molecule has 0 aliphatic rings. The van der Waals surface area contributed by atoms with Crippen molar-refractivity contribution in [1.82, 2.24) is 15.5 Å². The van der Waals surface area contributed by atoms with Gasteiger partial charge in [0.1, 0.15) is 0 Å². The lowest BCUT2D eigenvalue weighted by molar-refractivity contribution is 0.0802. The second-order valence-electron chi connectivity index (χ2n) is 4.90. The average Bonchev–Trinajstić information content (AvgIpc) is 2.56. The number of carbonyl (C=O) groups is 2. The third kappa shape index (κ3) is 5.83. The van der Waals surface area contributed by atoms with Gasteiger partial charge in [0.25, 0.3) is 11.8 Å². The van der Waals surface area contributed by atoms with Crippen LogP contribution in [0.5, 0.6) is 0 Å². The molecule has 22 heavy (non-hydrogen) atoms. The van der Waals surface area contributed by atoms with E-state index in [1.54, 1.807) is 43.3 Å². The Kier molecular flexibility index (Phi) is 8.17. The molecule has 6 heteroatoms. The zero-order valence-electron chi connectivity index (χ0n) is 13.5. The summed E-state index contributed by atoms with van der Waals surface area (Å²) >= 11 is 0. The highest BCUT2D eigenvalue weighted by molar-refractivity contribution is 5.99. The van der Waals surface area contributed by atoms with Gasteiger partial charge in [0.15, 0.2) is 0 Å². The number of amides is 2. The maximum absolute atomic E-state index is 12.1. The predicted molar refractivity (Wildman–Crippen MR) is 86.2 cm³/mol. The van der Waals surface area contributed by atoms with Gasteiger partial charge in [0.2, 0.25) is 0 Å². The molecule has 0 spiro atoms. The topological polar surface area (TPSA) is 70.7 Å². The van der Waals surface area contributed by atoms with Gasteiger partial charge in [0, 0.05) is 51.5 Å². The summed E-state index contributed by atoms with van der Waals surface area (Å²) in [5.41, 5.74) is 1.02. The highest BCUT2D eigenvalue weighted by atomic mass is 16.5. The van der Waals surface area contributed by atoms with Crippen LogP contribution >= 0.6 is 0 Å². The number of ether oxygens (including phenoxy) is 1. The number of rotatable bonds is 9. The SMILES string of the molecule is CCN(C)C(=O)c1cccc(C(=O)NCCNCCOC)c1. The molecular weight excluding hydrogens is 282 g/mol. The maximum Gasteiger partial charge on any atom is 0.253 e. The Hall–Kier alpha value is -1.92. The van der Waals surface area contributed by atoms with E-state index in [9.17, 15) is 9.59 Å². The minimum absolute atomic E-state index is 0.0848. The number of nitrogens with one attached hydrogen (secondary N) is 2. The van der Waals surface area contributed by atoms with Gasteiger partial charge < -0.3 is 20.3 Å². The third-order valence-corrected chi connectivity index (χ3v) is 3.26. The first-order valence-electron chi connectivity index (χ1n) is 7.43. The van der Waals surface area contributed by atoms with E-state index >= 15 is 0 Å². The predicted octanol–water partition coefficient (Wildman–Crippen LogP) is 0.744. The van der Waals surface area contributed by atoms with Crippen LogP contribution < -0.4 is 10.6 Å². The van der Waals surface area contributed by atoms with Crippen molar-refractivity contribution < 1.29 is 14.3 Å². The van der Waals surface area contributed by atoms with E-state index in [-0.39, 0.29) is 11.8 Å². The molecule has 0 aliphatic carbocycles. The summed E-state index contributed by atoms with van der Waals surface area (Å²) in [6, 6.07) is 6.78. The van der Waals surface area contributed by atoms with E-state index < -0.39 is 0 Å². The Labute approximate surface area is 131 Å². The van der Waals surface area contributed by atoms with Crippen molar-refractivity contribution in [2.75, 3.05) is 46.9 Å². The van der Waals surface area contributed by atoms with Crippen molar-refractivity contribution >= 4 is 11.8 Å². The number of benzene rings is 1. The molecule has 1 rings (SSSR count). The molecule has 0 aliphatic heterocycles. The zero-order valence-corrected chi connectivity index (χ0v) is 13.5. The van der Waals surface area contributed by atoms with E-state index in [0.29, 0.717) is 37.4 Å². The summed E-state index contributed by atoms with van der Waals surface area (Å²) in [5.74, 6) is -0.263. The zero-order chi connectivity index (χ0) is 16.4.